The van der Waals surface area contributed by atoms with E-state index in [0.717, 1.165) is 16.7 Å². The van der Waals surface area contributed by atoms with Gasteiger partial charge in [-0.15, -0.1) is 0 Å². The van der Waals surface area contributed by atoms with Gasteiger partial charge in [-0.05, 0) is 32.0 Å². The number of para-hydroxylation sites is 1. The van der Waals surface area contributed by atoms with E-state index >= 15 is 0 Å². The van der Waals surface area contributed by atoms with Gasteiger partial charge >= 0.3 is 5.97 Å². The van der Waals surface area contributed by atoms with Gasteiger partial charge in [0.05, 0.1) is 24.2 Å². The summed E-state index contributed by atoms with van der Waals surface area (Å²) in [5, 5.41) is 25.0. The van der Waals surface area contributed by atoms with Crippen LogP contribution in [0, 0.1) is 0 Å². The first-order valence-electron chi connectivity index (χ1n) is 11.9. The normalized spacial score (nSPS) is 14.5. The molecule has 12 heteroatoms. The highest BCUT2D eigenvalue weighted by molar-refractivity contribution is 5.87. The Balaban J connectivity index is 1.44. The molecule has 1 aliphatic heterocycles. The number of imidazole rings is 1. The number of fused-ring (bicyclic) bond motifs is 2. The Morgan fingerprint density at radius 2 is 1.70 bits per heavy atom. The van der Waals surface area contributed by atoms with Crippen LogP contribution in [0.3, 0.4) is 0 Å². The van der Waals surface area contributed by atoms with Crippen molar-refractivity contribution in [3.05, 3.63) is 55.1 Å². The van der Waals surface area contributed by atoms with Gasteiger partial charge in [-0.1, -0.05) is 18.2 Å². The number of aliphatic carboxylic acids is 1. The highest BCUT2D eigenvalue weighted by Crippen LogP contribution is 2.29. The minimum Gasteiger partial charge on any atom is -0.506 e. The summed E-state index contributed by atoms with van der Waals surface area (Å²) in [5.74, 6) is 0.891. The molecule has 0 aliphatic carbocycles. The van der Waals surface area contributed by atoms with Gasteiger partial charge < -0.3 is 20.0 Å². The number of piperazine rings is 1. The largest absolute Gasteiger partial charge is 0.506 e. The number of aromatic hydroxyl groups is 1. The molecular weight excluding hydrogens is 474 g/mol. The number of nitrogens with zero attached hydrogens (tertiary/aromatic N) is 9. The van der Waals surface area contributed by atoms with Gasteiger partial charge in [0.25, 0.3) is 0 Å². The standard InChI is InChI=1S/C25H25N9O3/c1-25(2,23(36)37)33-15-27-20-21(33)29-24(30-22(20)34-18-6-4-3-5-16(18)13-28-34)32-11-9-31(10-12-32)19-8-7-17(35)14-26-19/h3-8,13-15,35H,9-12H2,1-2H3,(H,36,37). The number of carboxylic acids is 1. The zero-order valence-electron chi connectivity index (χ0n) is 20.4. The summed E-state index contributed by atoms with van der Waals surface area (Å²) in [4.78, 5) is 34.8. The third kappa shape index (κ3) is 3.77. The smallest absolute Gasteiger partial charge is 0.329 e. The number of hydrogen-bond donors (Lipinski definition) is 2. The highest BCUT2D eigenvalue weighted by atomic mass is 16.4. The minimum absolute atomic E-state index is 0.128. The minimum atomic E-state index is -1.27. The maximum absolute atomic E-state index is 12.1. The molecule has 6 rings (SSSR count). The third-order valence-corrected chi connectivity index (χ3v) is 6.79. The van der Waals surface area contributed by atoms with Crippen LogP contribution in [0.4, 0.5) is 11.8 Å². The average molecular weight is 500 g/mol. The molecule has 1 aliphatic rings. The maximum Gasteiger partial charge on any atom is 0.329 e. The molecule has 0 atom stereocenters. The quantitative estimate of drug-likeness (QED) is 0.371. The van der Waals surface area contributed by atoms with Gasteiger partial charge in [0.15, 0.2) is 17.0 Å². The number of benzene rings is 1. The van der Waals surface area contributed by atoms with Crippen molar-refractivity contribution in [1.82, 2.24) is 34.3 Å². The summed E-state index contributed by atoms with van der Waals surface area (Å²) in [6.45, 7) is 5.85. The van der Waals surface area contributed by atoms with E-state index in [1.54, 1.807) is 41.4 Å². The lowest BCUT2D eigenvalue weighted by Crippen LogP contribution is -2.47. The Bertz CT molecular complexity index is 1620. The van der Waals surface area contributed by atoms with Crippen LogP contribution in [0.25, 0.3) is 27.9 Å². The van der Waals surface area contributed by atoms with Crippen molar-refractivity contribution in [2.24, 2.45) is 0 Å². The van der Waals surface area contributed by atoms with Crippen LogP contribution in [0.2, 0.25) is 0 Å². The fourth-order valence-corrected chi connectivity index (χ4v) is 4.52. The van der Waals surface area contributed by atoms with Crippen LogP contribution >= 0.6 is 0 Å². The van der Waals surface area contributed by atoms with Crippen LogP contribution in [0.5, 0.6) is 5.75 Å². The second kappa shape index (κ2) is 8.43. The predicted molar refractivity (Wildman–Crippen MR) is 137 cm³/mol. The zero-order chi connectivity index (χ0) is 25.7. The van der Waals surface area contributed by atoms with Crippen LogP contribution < -0.4 is 9.80 Å². The molecule has 0 saturated carbocycles. The second-order valence-corrected chi connectivity index (χ2v) is 9.46. The lowest BCUT2D eigenvalue weighted by Gasteiger charge is -2.35. The molecule has 37 heavy (non-hydrogen) atoms. The monoisotopic (exact) mass is 499 g/mol. The fourth-order valence-electron chi connectivity index (χ4n) is 4.52. The van der Waals surface area contributed by atoms with Crippen LogP contribution in [0.1, 0.15) is 13.8 Å². The summed E-state index contributed by atoms with van der Waals surface area (Å²) in [7, 11) is 0. The highest BCUT2D eigenvalue weighted by Gasteiger charge is 2.33. The molecule has 0 spiro atoms. The molecule has 5 heterocycles. The Hall–Kier alpha value is -4.74. The Morgan fingerprint density at radius 1 is 0.946 bits per heavy atom. The Kier molecular flexibility index (Phi) is 5.18. The summed E-state index contributed by atoms with van der Waals surface area (Å²) in [6.07, 6.45) is 4.70. The van der Waals surface area contributed by atoms with Gasteiger partial charge in [-0.25, -0.2) is 19.4 Å². The average Bonchev–Trinajstić information content (AvgIpc) is 3.54. The first-order valence-corrected chi connectivity index (χ1v) is 11.9. The molecule has 0 unspecified atom stereocenters. The molecule has 188 valence electrons. The van der Waals surface area contributed by atoms with Gasteiger partial charge in [-0.2, -0.15) is 15.1 Å². The number of carbonyl (C=O) groups is 1. The van der Waals surface area contributed by atoms with Crippen LogP contribution in [0.15, 0.2) is 55.1 Å². The van der Waals surface area contributed by atoms with Gasteiger partial charge in [-0.3, -0.25) is 4.57 Å². The molecule has 2 N–H and O–H groups in total. The van der Waals surface area contributed by atoms with Crippen LogP contribution in [-0.4, -0.2) is 76.6 Å². The molecule has 1 saturated heterocycles. The SMILES string of the molecule is CC(C)(C(=O)O)n1cnc2c(-n3ncc4ccccc43)nc(N3CCN(c4ccc(O)cn4)CC3)nc21. The van der Waals surface area contributed by atoms with E-state index in [1.165, 1.54) is 12.5 Å². The summed E-state index contributed by atoms with van der Waals surface area (Å²) < 4.78 is 3.30. The van der Waals surface area contributed by atoms with E-state index in [9.17, 15) is 15.0 Å². The van der Waals surface area contributed by atoms with Gasteiger partial charge in [0.2, 0.25) is 5.95 Å². The van der Waals surface area contributed by atoms with E-state index in [0.29, 0.717) is 49.1 Å². The Morgan fingerprint density at radius 3 is 2.43 bits per heavy atom. The van der Waals surface area contributed by atoms with Crippen LogP contribution in [-0.2, 0) is 10.3 Å². The lowest BCUT2D eigenvalue weighted by atomic mass is 10.1. The van der Waals surface area contributed by atoms with Crippen molar-refractivity contribution in [2.45, 2.75) is 19.4 Å². The molecule has 12 nitrogen and oxygen atoms in total. The van der Waals surface area contributed by atoms with E-state index < -0.39 is 11.5 Å². The fraction of sp³-hybridized carbons (Fsp3) is 0.280. The van der Waals surface area contributed by atoms with E-state index in [2.05, 4.69) is 24.9 Å². The van der Waals surface area contributed by atoms with Crippen molar-refractivity contribution in [3.63, 3.8) is 0 Å². The molecule has 0 amide bonds. The molecule has 5 aromatic rings. The third-order valence-electron chi connectivity index (χ3n) is 6.79. The summed E-state index contributed by atoms with van der Waals surface area (Å²) in [5.41, 5.74) is 0.491. The topological polar surface area (TPSA) is 138 Å². The first kappa shape index (κ1) is 22.7. The first-order chi connectivity index (χ1) is 17.8. The number of hydrogen-bond acceptors (Lipinski definition) is 9. The number of rotatable bonds is 5. The number of aromatic nitrogens is 7. The number of pyridine rings is 1. The Labute approximate surface area is 211 Å². The summed E-state index contributed by atoms with van der Waals surface area (Å²) in [6, 6.07) is 11.2. The van der Waals surface area contributed by atoms with E-state index in [4.69, 9.17) is 9.97 Å². The molecule has 1 aromatic carbocycles. The molecular formula is C25H25N9O3. The lowest BCUT2D eigenvalue weighted by molar-refractivity contribution is -0.145. The number of anilines is 2. The zero-order valence-corrected chi connectivity index (χ0v) is 20.4. The van der Waals surface area contributed by atoms with Gasteiger partial charge in [0.1, 0.15) is 17.1 Å². The van der Waals surface area contributed by atoms with Crippen molar-refractivity contribution >= 4 is 39.8 Å². The van der Waals surface area contributed by atoms with Gasteiger partial charge in [0, 0.05) is 31.6 Å². The maximum atomic E-state index is 12.1. The molecule has 0 bridgehead atoms. The molecule has 4 aromatic heterocycles. The van der Waals surface area contributed by atoms with E-state index in [-0.39, 0.29) is 5.75 Å². The van der Waals surface area contributed by atoms with Crippen molar-refractivity contribution in [2.75, 3.05) is 36.0 Å². The summed E-state index contributed by atoms with van der Waals surface area (Å²) >= 11 is 0. The van der Waals surface area contributed by atoms with Crippen molar-refractivity contribution in [3.8, 4) is 11.6 Å². The number of carboxylic acid groups (broad SMARTS) is 1. The second-order valence-electron chi connectivity index (χ2n) is 9.46. The van der Waals surface area contributed by atoms with E-state index in [1.807, 2.05) is 24.3 Å². The van der Waals surface area contributed by atoms with Crippen molar-refractivity contribution in [1.29, 1.82) is 0 Å². The van der Waals surface area contributed by atoms with Crippen molar-refractivity contribution < 1.29 is 15.0 Å². The molecule has 0 radical (unpaired) electrons. The predicted octanol–water partition coefficient (Wildman–Crippen LogP) is 2.41. The molecule has 1 fully saturated rings.